The molecule has 0 aliphatic carbocycles. The molecular weight excluding hydrogens is 265 g/mol. The van der Waals surface area contributed by atoms with Crippen LogP contribution >= 0.6 is 15.9 Å². The van der Waals surface area contributed by atoms with Gasteiger partial charge in [-0.25, -0.2) is 4.98 Å². The molecular formula is C6H6BrF3N4. The van der Waals surface area contributed by atoms with Gasteiger partial charge in [0.2, 0.25) is 5.95 Å². The maximum atomic E-state index is 11.8. The van der Waals surface area contributed by atoms with E-state index < -0.39 is 12.7 Å². The van der Waals surface area contributed by atoms with Crippen LogP contribution in [0.5, 0.6) is 0 Å². The Morgan fingerprint density at radius 3 is 2.57 bits per heavy atom. The van der Waals surface area contributed by atoms with E-state index in [4.69, 9.17) is 5.73 Å². The highest BCUT2D eigenvalue weighted by atomic mass is 79.9. The molecule has 0 spiro atoms. The SMILES string of the molecule is Nc1cc(Br)nc(NCC(F)(F)F)n1. The number of aromatic nitrogens is 2. The van der Waals surface area contributed by atoms with E-state index in [0.717, 1.165) is 0 Å². The molecule has 78 valence electrons. The third-order valence-corrected chi connectivity index (χ3v) is 1.57. The van der Waals surface area contributed by atoms with E-state index in [1.165, 1.54) is 6.07 Å². The number of hydrogen-bond acceptors (Lipinski definition) is 4. The van der Waals surface area contributed by atoms with Crippen molar-refractivity contribution in [3.63, 3.8) is 0 Å². The standard InChI is InChI=1S/C6H6BrF3N4/c7-3-1-4(11)14-5(13-3)12-2-6(8,9)10/h1H,2H2,(H3,11,12,13,14). The van der Waals surface area contributed by atoms with Crippen LogP contribution in [-0.4, -0.2) is 22.7 Å². The van der Waals surface area contributed by atoms with Gasteiger partial charge in [0.1, 0.15) is 17.0 Å². The summed E-state index contributed by atoms with van der Waals surface area (Å²) >= 11 is 2.98. The second-order valence-corrected chi connectivity index (χ2v) is 3.22. The van der Waals surface area contributed by atoms with Gasteiger partial charge in [0.05, 0.1) is 0 Å². The minimum absolute atomic E-state index is 0.0940. The molecule has 0 saturated carbocycles. The highest BCUT2D eigenvalue weighted by molar-refractivity contribution is 9.10. The molecule has 0 unspecified atom stereocenters. The van der Waals surface area contributed by atoms with Gasteiger partial charge >= 0.3 is 6.18 Å². The third kappa shape index (κ3) is 3.77. The molecule has 0 bridgehead atoms. The van der Waals surface area contributed by atoms with Crippen LogP contribution in [0.4, 0.5) is 24.9 Å². The monoisotopic (exact) mass is 270 g/mol. The molecule has 0 fully saturated rings. The normalized spacial score (nSPS) is 11.4. The molecule has 0 amide bonds. The van der Waals surface area contributed by atoms with E-state index in [9.17, 15) is 13.2 Å². The predicted octanol–water partition coefficient (Wildman–Crippen LogP) is 1.80. The van der Waals surface area contributed by atoms with Gasteiger partial charge in [-0.2, -0.15) is 18.2 Å². The third-order valence-electron chi connectivity index (χ3n) is 1.16. The summed E-state index contributed by atoms with van der Waals surface area (Å²) in [7, 11) is 0. The van der Waals surface area contributed by atoms with Gasteiger partial charge in [0.15, 0.2) is 0 Å². The Balaban J connectivity index is 2.68. The number of rotatable bonds is 2. The van der Waals surface area contributed by atoms with E-state index >= 15 is 0 Å². The van der Waals surface area contributed by atoms with Crippen molar-refractivity contribution in [2.24, 2.45) is 0 Å². The summed E-state index contributed by atoms with van der Waals surface area (Å²) in [6, 6.07) is 1.39. The number of nitrogens with two attached hydrogens (primary N) is 1. The first-order valence-corrected chi connectivity index (χ1v) is 4.27. The van der Waals surface area contributed by atoms with Crippen molar-refractivity contribution in [1.29, 1.82) is 0 Å². The Hall–Kier alpha value is -1.05. The van der Waals surface area contributed by atoms with Crippen molar-refractivity contribution in [3.8, 4) is 0 Å². The summed E-state index contributed by atoms with van der Waals surface area (Å²) < 4.78 is 35.7. The molecule has 4 nitrogen and oxygen atoms in total. The van der Waals surface area contributed by atoms with Gasteiger partial charge in [-0.05, 0) is 15.9 Å². The fourth-order valence-corrected chi connectivity index (χ4v) is 1.10. The van der Waals surface area contributed by atoms with Crippen LogP contribution in [0.15, 0.2) is 10.7 Å². The van der Waals surface area contributed by atoms with Gasteiger partial charge in [0.25, 0.3) is 0 Å². The molecule has 0 radical (unpaired) electrons. The Bertz CT molecular complexity index is 307. The average Bonchev–Trinajstić information content (AvgIpc) is 1.97. The van der Waals surface area contributed by atoms with Crippen LogP contribution in [0, 0.1) is 0 Å². The number of nitrogens with zero attached hydrogens (tertiary/aromatic N) is 2. The van der Waals surface area contributed by atoms with Crippen molar-refractivity contribution < 1.29 is 13.2 Å². The number of halogens is 4. The van der Waals surface area contributed by atoms with Crippen LogP contribution in [0.25, 0.3) is 0 Å². The van der Waals surface area contributed by atoms with Crippen LogP contribution in [0.2, 0.25) is 0 Å². The molecule has 1 aromatic heterocycles. The molecule has 1 aromatic rings. The van der Waals surface area contributed by atoms with Gasteiger partial charge in [-0.1, -0.05) is 0 Å². The predicted molar refractivity (Wildman–Crippen MR) is 48.7 cm³/mol. The number of nitrogens with one attached hydrogen (secondary N) is 1. The molecule has 0 aliphatic heterocycles. The van der Waals surface area contributed by atoms with E-state index in [1.807, 2.05) is 5.32 Å². The van der Waals surface area contributed by atoms with Crippen molar-refractivity contribution in [1.82, 2.24) is 9.97 Å². The number of alkyl halides is 3. The minimum Gasteiger partial charge on any atom is -0.383 e. The van der Waals surface area contributed by atoms with Crippen LogP contribution in [0.3, 0.4) is 0 Å². The van der Waals surface area contributed by atoms with Gasteiger partial charge < -0.3 is 11.1 Å². The lowest BCUT2D eigenvalue weighted by atomic mass is 10.6. The smallest absolute Gasteiger partial charge is 0.383 e. The van der Waals surface area contributed by atoms with E-state index in [2.05, 4.69) is 25.9 Å². The molecule has 1 rings (SSSR count). The van der Waals surface area contributed by atoms with E-state index in [1.54, 1.807) is 0 Å². The molecule has 8 heteroatoms. The quantitative estimate of drug-likeness (QED) is 0.805. The Morgan fingerprint density at radius 2 is 2.07 bits per heavy atom. The number of anilines is 2. The first kappa shape index (κ1) is 11.0. The van der Waals surface area contributed by atoms with Gasteiger partial charge in [-0.3, -0.25) is 0 Å². The zero-order valence-corrected chi connectivity index (χ0v) is 8.35. The zero-order chi connectivity index (χ0) is 10.8. The van der Waals surface area contributed by atoms with Crippen molar-refractivity contribution in [2.75, 3.05) is 17.6 Å². The molecule has 0 aromatic carbocycles. The summed E-state index contributed by atoms with van der Waals surface area (Å²) in [6.45, 7) is -1.19. The summed E-state index contributed by atoms with van der Waals surface area (Å²) in [4.78, 5) is 7.21. The lowest BCUT2D eigenvalue weighted by molar-refractivity contribution is -0.115. The van der Waals surface area contributed by atoms with Crippen LogP contribution < -0.4 is 11.1 Å². The molecule has 1 heterocycles. The highest BCUT2D eigenvalue weighted by Gasteiger charge is 2.27. The first-order chi connectivity index (χ1) is 6.37. The second kappa shape index (κ2) is 3.99. The van der Waals surface area contributed by atoms with Gasteiger partial charge in [0, 0.05) is 6.07 Å². The second-order valence-electron chi connectivity index (χ2n) is 2.41. The van der Waals surface area contributed by atoms with Gasteiger partial charge in [-0.15, -0.1) is 0 Å². The Labute approximate surface area is 85.9 Å². The molecule has 14 heavy (non-hydrogen) atoms. The minimum atomic E-state index is -4.31. The molecule has 0 atom stereocenters. The fourth-order valence-electron chi connectivity index (χ4n) is 0.693. The molecule has 0 saturated heterocycles. The summed E-state index contributed by atoms with van der Waals surface area (Å²) in [5.41, 5.74) is 5.30. The molecule has 0 aliphatic rings. The summed E-state index contributed by atoms with van der Waals surface area (Å²) in [5.74, 6) is -0.0641. The Kier molecular flexibility index (Phi) is 3.14. The largest absolute Gasteiger partial charge is 0.405 e. The lowest BCUT2D eigenvalue weighted by Gasteiger charge is -2.08. The maximum absolute atomic E-state index is 11.8. The fraction of sp³-hybridized carbons (Fsp3) is 0.333. The first-order valence-electron chi connectivity index (χ1n) is 3.47. The van der Waals surface area contributed by atoms with Crippen molar-refractivity contribution >= 4 is 27.7 Å². The van der Waals surface area contributed by atoms with Crippen molar-refractivity contribution in [2.45, 2.75) is 6.18 Å². The van der Waals surface area contributed by atoms with E-state index in [-0.39, 0.29) is 11.8 Å². The van der Waals surface area contributed by atoms with Crippen molar-refractivity contribution in [3.05, 3.63) is 10.7 Å². The molecule has 3 N–H and O–H groups in total. The highest BCUT2D eigenvalue weighted by Crippen LogP contribution is 2.16. The summed E-state index contributed by atoms with van der Waals surface area (Å²) in [5, 5.41) is 2.01. The van der Waals surface area contributed by atoms with E-state index in [0.29, 0.717) is 4.60 Å². The summed E-state index contributed by atoms with van der Waals surface area (Å²) in [6.07, 6.45) is -4.31. The Morgan fingerprint density at radius 1 is 1.43 bits per heavy atom. The van der Waals surface area contributed by atoms with Crippen LogP contribution in [-0.2, 0) is 0 Å². The number of nitrogen functional groups attached to an aromatic ring is 1. The maximum Gasteiger partial charge on any atom is 0.405 e. The number of hydrogen-bond donors (Lipinski definition) is 2. The topological polar surface area (TPSA) is 63.8 Å². The average molecular weight is 271 g/mol. The zero-order valence-electron chi connectivity index (χ0n) is 6.77. The lowest BCUT2D eigenvalue weighted by Crippen LogP contribution is -2.22. The van der Waals surface area contributed by atoms with Crippen LogP contribution in [0.1, 0.15) is 0 Å².